The van der Waals surface area contributed by atoms with E-state index in [4.69, 9.17) is 0 Å². The number of hydrogen-bond acceptors (Lipinski definition) is 4. The largest absolute Gasteiger partial charge is 0.274 e. The second-order valence-corrected chi connectivity index (χ2v) is 7.66. The van der Waals surface area contributed by atoms with Gasteiger partial charge in [0.15, 0.2) is 5.13 Å². The lowest BCUT2D eigenvalue weighted by molar-refractivity contribution is -0.123. The normalized spacial score (nSPS) is 35.1. The highest BCUT2D eigenvalue weighted by Crippen LogP contribution is 2.61. The van der Waals surface area contributed by atoms with Crippen LogP contribution < -0.4 is 4.90 Å². The lowest BCUT2D eigenvalue weighted by atomic mass is 9.73. The molecule has 0 N–H and O–H groups in total. The van der Waals surface area contributed by atoms with Gasteiger partial charge in [-0.15, -0.1) is 11.3 Å². The predicted octanol–water partition coefficient (Wildman–Crippen LogP) is 3.07. The van der Waals surface area contributed by atoms with Crippen LogP contribution in [0.4, 0.5) is 5.13 Å². The van der Waals surface area contributed by atoms with Crippen LogP contribution >= 0.6 is 11.3 Å². The maximum Gasteiger partial charge on any atom is 0.239 e. The Kier molecular flexibility index (Phi) is 2.77. The van der Waals surface area contributed by atoms with Crippen molar-refractivity contribution in [3.8, 4) is 0 Å². The summed E-state index contributed by atoms with van der Waals surface area (Å²) in [4.78, 5) is 31.3. The van der Waals surface area contributed by atoms with Gasteiger partial charge in [0.05, 0.1) is 11.8 Å². The summed E-state index contributed by atoms with van der Waals surface area (Å²) in [5.41, 5.74) is 1.31. The van der Waals surface area contributed by atoms with Gasteiger partial charge >= 0.3 is 0 Å². The van der Waals surface area contributed by atoms with Crippen molar-refractivity contribution in [2.45, 2.75) is 18.8 Å². The number of rotatable bonds is 2. The van der Waals surface area contributed by atoms with Crippen LogP contribution in [0.1, 0.15) is 24.3 Å². The molecular weight excluding hydrogens is 308 g/mol. The van der Waals surface area contributed by atoms with E-state index in [9.17, 15) is 9.59 Å². The van der Waals surface area contributed by atoms with Gasteiger partial charge < -0.3 is 0 Å². The zero-order chi connectivity index (χ0) is 15.6. The molecule has 2 amide bonds. The Hall–Kier alpha value is -2.01. The fourth-order valence-electron chi connectivity index (χ4n) is 5.06. The van der Waals surface area contributed by atoms with E-state index in [-0.39, 0.29) is 23.7 Å². The minimum absolute atomic E-state index is 0.0195. The summed E-state index contributed by atoms with van der Waals surface area (Å²) in [5.74, 6) is 0.754. The lowest BCUT2D eigenvalue weighted by Gasteiger charge is -2.28. The lowest BCUT2D eigenvalue weighted by Crippen LogP contribution is -2.32. The van der Waals surface area contributed by atoms with Crippen LogP contribution in [0.5, 0.6) is 0 Å². The number of fused-ring (bicyclic) bond motifs is 5. The average molecular weight is 324 g/mol. The van der Waals surface area contributed by atoms with E-state index in [0.717, 1.165) is 12.8 Å². The second-order valence-electron chi connectivity index (χ2n) is 6.79. The molecule has 4 nitrogen and oxygen atoms in total. The summed E-state index contributed by atoms with van der Waals surface area (Å²) >= 11 is 1.36. The number of nitrogens with zero attached hydrogens (tertiary/aromatic N) is 2. The highest BCUT2D eigenvalue weighted by Gasteiger charge is 2.64. The van der Waals surface area contributed by atoms with Gasteiger partial charge in [-0.05, 0) is 36.2 Å². The number of hydrogen-bond donors (Lipinski definition) is 0. The van der Waals surface area contributed by atoms with Gasteiger partial charge in [0.25, 0.3) is 0 Å². The summed E-state index contributed by atoms with van der Waals surface area (Å²) in [5, 5.41) is 2.34. The van der Waals surface area contributed by atoms with Gasteiger partial charge in [-0.2, -0.15) is 0 Å². The van der Waals surface area contributed by atoms with Crippen LogP contribution in [0.2, 0.25) is 0 Å². The topological polar surface area (TPSA) is 50.3 Å². The van der Waals surface area contributed by atoms with Crippen molar-refractivity contribution < 1.29 is 9.59 Å². The van der Waals surface area contributed by atoms with Crippen molar-refractivity contribution in [3.05, 3.63) is 47.5 Å². The smallest absolute Gasteiger partial charge is 0.239 e. The zero-order valence-corrected chi connectivity index (χ0v) is 13.3. The van der Waals surface area contributed by atoms with Crippen molar-refractivity contribution in [1.29, 1.82) is 0 Å². The predicted molar refractivity (Wildman–Crippen MR) is 87.0 cm³/mol. The van der Waals surface area contributed by atoms with Crippen LogP contribution in [-0.4, -0.2) is 16.8 Å². The molecule has 5 heteroatoms. The minimum atomic E-state index is -0.143. The maximum atomic E-state index is 12.9. The van der Waals surface area contributed by atoms with Crippen molar-refractivity contribution in [3.63, 3.8) is 0 Å². The molecule has 1 saturated heterocycles. The standard InChI is InChI=1S/C18H16N2O2S/c21-16-14-11-8-12(10-4-2-1-3-5-10)13(9-11)15(14)17(22)20(16)18-19-6-7-23-18/h1-7,11-15H,8-9H2/t11-,12-,13+,14+,15-/m0/s1. The molecule has 2 heterocycles. The Morgan fingerprint density at radius 1 is 1.04 bits per heavy atom. The molecule has 0 spiro atoms. The Bertz CT molecular complexity index is 774. The molecule has 23 heavy (non-hydrogen) atoms. The van der Waals surface area contributed by atoms with Gasteiger partial charge in [0.1, 0.15) is 0 Å². The summed E-state index contributed by atoms with van der Waals surface area (Å²) in [6, 6.07) is 10.4. The third kappa shape index (κ3) is 1.74. The molecule has 0 radical (unpaired) electrons. The van der Waals surface area contributed by atoms with Crippen LogP contribution in [-0.2, 0) is 9.59 Å². The number of thiazole rings is 1. The molecule has 1 aromatic carbocycles. The first-order chi connectivity index (χ1) is 11.3. The van der Waals surface area contributed by atoms with E-state index >= 15 is 0 Å². The highest BCUT2D eigenvalue weighted by molar-refractivity contribution is 7.14. The molecule has 2 aromatic rings. The molecule has 5 atom stereocenters. The summed E-state index contributed by atoms with van der Waals surface area (Å²) in [6.45, 7) is 0. The Morgan fingerprint density at radius 3 is 2.57 bits per heavy atom. The number of carbonyl (C=O) groups is 2. The monoisotopic (exact) mass is 324 g/mol. The maximum absolute atomic E-state index is 12.9. The average Bonchev–Trinajstić information content (AvgIpc) is 3.32. The Morgan fingerprint density at radius 2 is 1.83 bits per heavy atom. The Labute approximate surface area is 138 Å². The van der Waals surface area contributed by atoms with Gasteiger partial charge in [0, 0.05) is 11.6 Å². The SMILES string of the molecule is O=C1[C@@H]2[C@@H]3C[C@@H]([C@@H]2C(=O)N1c1nccs1)[C@H](c1ccccc1)C3. The van der Waals surface area contributed by atoms with Crippen molar-refractivity contribution in [1.82, 2.24) is 4.98 Å². The van der Waals surface area contributed by atoms with Gasteiger partial charge in [-0.3, -0.25) is 9.59 Å². The molecule has 3 fully saturated rings. The van der Waals surface area contributed by atoms with E-state index in [2.05, 4.69) is 29.2 Å². The highest BCUT2D eigenvalue weighted by atomic mass is 32.1. The van der Waals surface area contributed by atoms with E-state index in [1.807, 2.05) is 11.4 Å². The summed E-state index contributed by atoms with van der Waals surface area (Å²) < 4.78 is 0. The first-order valence-electron chi connectivity index (χ1n) is 8.08. The third-order valence-electron chi connectivity index (χ3n) is 5.85. The Balaban J connectivity index is 1.51. The summed E-state index contributed by atoms with van der Waals surface area (Å²) in [7, 11) is 0. The van der Waals surface area contributed by atoms with Crippen LogP contribution in [0.25, 0.3) is 0 Å². The second kappa shape index (κ2) is 4.74. The first kappa shape index (κ1) is 13.4. The zero-order valence-electron chi connectivity index (χ0n) is 12.5. The number of anilines is 1. The molecule has 116 valence electrons. The van der Waals surface area contributed by atoms with Crippen molar-refractivity contribution in [2.24, 2.45) is 23.7 Å². The van der Waals surface area contributed by atoms with Gasteiger partial charge in [0.2, 0.25) is 11.8 Å². The molecule has 2 aliphatic carbocycles. The number of benzene rings is 1. The van der Waals surface area contributed by atoms with Gasteiger partial charge in [-0.1, -0.05) is 30.3 Å². The van der Waals surface area contributed by atoms with Crippen molar-refractivity contribution in [2.75, 3.05) is 4.90 Å². The van der Waals surface area contributed by atoms with E-state index in [0.29, 0.717) is 22.9 Å². The molecule has 2 bridgehead atoms. The minimum Gasteiger partial charge on any atom is -0.274 e. The van der Waals surface area contributed by atoms with Crippen LogP contribution in [0.15, 0.2) is 41.9 Å². The molecule has 0 unspecified atom stereocenters. The van der Waals surface area contributed by atoms with Crippen LogP contribution in [0.3, 0.4) is 0 Å². The number of amides is 2. The first-order valence-corrected chi connectivity index (χ1v) is 8.96. The number of aromatic nitrogens is 1. The molecule has 1 aromatic heterocycles. The van der Waals surface area contributed by atoms with E-state index in [1.54, 1.807) is 6.20 Å². The van der Waals surface area contributed by atoms with Crippen molar-refractivity contribution >= 4 is 28.3 Å². The molecule has 2 saturated carbocycles. The number of carbonyl (C=O) groups excluding carboxylic acids is 2. The summed E-state index contributed by atoms with van der Waals surface area (Å²) in [6.07, 6.45) is 3.69. The quantitative estimate of drug-likeness (QED) is 0.798. The van der Waals surface area contributed by atoms with E-state index in [1.165, 1.54) is 21.8 Å². The fourth-order valence-corrected chi connectivity index (χ4v) is 5.71. The third-order valence-corrected chi connectivity index (χ3v) is 6.61. The van der Waals surface area contributed by atoms with Gasteiger partial charge in [-0.25, -0.2) is 9.88 Å². The van der Waals surface area contributed by atoms with Crippen LogP contribution in [0, 0.1) is 23.7 Å². The van der Waals surface area contributed by atoms with E-state index < -0.39 is 0 Å². The molecular formula is C18H16N2O2S. The number of imide groups is 1. The fraction of sp³-hybridized carbons (Fsp3) is 0.389. The molecule has 3 aliphatic rings. The molecule has 1 aliphatic heterocycles. The molecule has 5 rings (SSSR count).